The van der Waals surface area contributed by atoms with Crippen LogP contribution in [0.25, 0.3) is 0 Å². The Morgan fingerprint density at radius 3 is 2.41 bits per heavy atom. The molecule has 29 heavy (non-hydrogen) atoms. The number of hydrogen-bond donors (Lipinski definition) is 1. The number of amides is 1. The highest BCUT2D eigenvalue weighted by Crippen LogP contribution is 2.26. The number of hydrogen-bond acceptors (Lipinski definition) is 3. The van der Waals surface area contributed by atoms with Gasteiger partial charge in [0.05, 0.1) is 18.0 Å². The topological polar surface area (TPSA) is 66.5 Å². The summed E-state index contributed by atoms with van der Waals surface area (Å²) < 4.78 is 39.2. The van der Waals surface area contributed by atoms with Crippen LogP contribution in [0.15, 0.2) is 42.5 Å². The van der Waals surface area contributed by atoms with Crippen molar-refractivity contribution in [3.8, 4) is 0 Å². The van der Waals surface area contributed by atoms with Gasteiger partial charge in [0.25, 0.3) is 0 Å². The first kappa shape index (κ1) is 21.3. The summed E-state index contributed by atoms with van der Waals surface area (Å²) in [6, 6.07) is 10.2. The number of sulfonamides is 1. The molecule has 156 valence electrons. The van der Waals surface area contributed by atoms with E-state index in [-0.39, 0.29) is 11.7 Å². The number of halogens is 1. The van der Waals surface area contributed by atoms with Crippen LogP contribution in [-0.4, -0.2) is 26.6 Å². The Kier molecular flexibility index (Phi) is 6.27. The molecular weight excluding hydrogens is 391 g/mol. The summed E-state index contributed by atoms with van der Waals surface area (Å²) in [5.41, 5.74) is 3.79. The number of anilines is 1. The molecule has 0 aromatic heterocycles. The van der Waals surface area contributed by atoms with Crippen LogP contribution in [0.5, 0.6) is 0 Å². The fraction of sp³-hybridized carbons (Fsp3) is 0.409. The van der Waals surface area contributed by atoms with Gasteiger partial charge in [-0.3, -0.25) is 9.10 Å². The van der Waals surface area contributed by atoms with Crippen LogP contribution in [0.2, 0.25) is 0 Å². The first-order chi connectivity index (χ1) is 13.7. The van der Waals surface area contributed by atoms with Gasteiger partial charge in [0.1, 0.15) is 11.9 Å². The molecule has 1 amide bonds. The molecule has 3 rings (SSSR count). The minimum absolute atomic E-state index is 0.122. The molecule has 5 nitrogen and oxygen atoms in total. The van der Waals surface area contributed by atoms with Gasteiger partial charge in [-0.15, -0.1) is 0 Å². The molecule has 0 saturated carbocycles. The Labute approximate surface area is 172 Å². The molecule has 1 aliphatic rings. The van der Waals surface area contributed by atoms with Crippen LogP contribution < -0.4 is 9.62 Å². The molecule has 0 bridgehead atoms. The number of aryl methyl sites for hydroxylation is 2. The largest absolute Gasteiger partial charge is 0.348 e. The van der Waals surface area contributed by atoms with Gasteiger partial charge in [0.15, 0.2) is 0 Å². The van der Waals surface area contributed by atoms with E-state index in [4.69, 9.17) is 0 Å². The van der Waals surface area contributed by atoms with E-state index in [2.05, 4.69) is 17.4 Å². The quantitative estimate of drug-likeness (QED) is 0.777. The highest BCUT2D eigenvalue weighted by molar-refractivity contribution is 7.92. The van der Waals surface area contributed by atoms with Crippen molar-refractivity contribution in [2.45, 2.75) is 51.6 Å². The Morgan fingerprint density at radius 2 is 1.76 bits per heavy atom. The first-order valence-corrected chi connectivity index (χ1v) is 11.7. The summed E-state index contributed by atoms with van der Waals surface area (Å²) in [6.45, 7) is 3.38. The number of carbonyl (C=O) groups excluding carboxylic acids is 1. The van der Waals surface area contributed by atoms with Crippen molar-refractivity contribution in [1.82, 2.24) is 5.32 Å². The van der Waals surface area contributed by atoms with Crippen LogP contribution in [0.4, 0.5) is 10.1 Å². The molecule has 0 fully saturated rings. The molecule has 7 heteroatoms. The van der Waals surface area contributed by atoms with Crippen molar-refractivity contribution in [2.75, 3.05) is 10.6 Å². The molecule has 0 saturated heterocycles. The first-order valence-electron chi connectivity index (χ1n) is 9.84. The highest BCUT2D eigenvalue weighted by atomic mass is 32.2. The van der Waals surface area contributed by atoms with E-state index in [1.165, 1.54) is 49.1 Å². The van der Waals surface area contributed by atoms with Crippen LogP contribution in [0, 0.1) is 5.82 Å². The Bertz CT molecular complexity index is 1010. The third kappa shape index (κ3) is 4.96. The van der Waals surface area contributed by atoms with Gasteiger partial charge in [-0.1, -0.05) is 24.3 Å². The highest BCUT2D eigenvalue weighted by Gasteiger charge is 2.30. The molecule has 0 aliphatic heterocycles. The fourth-order valence-electron chi connectivity index (χ4n) is 3.86. The molecular formula is C22H27FN2O3S. The SMILES string of the molecule is C[C@H](NC(=O)[C@H](C)N(c1cccc(F)c1)S(C)(=O)=O)c1ccc2c(c1)CCCC2. The van der Waals surface area contributed by atoms with Gasteiger partial charge < -0.3 is 5.32 Å². The Morgan fingerprint density at radius 1 is 1.07 bits per heavy atom. The summed E-state index contributed by atoms with van der Waals surface area (Å²) in [7, 11) is -3.79. The molecule has 1 aliphatic carbocycles. The molecule has 0 radical (unpaired) electrons. The second-order valence-corrected chi connectivity index (χ2v) is 9.54. The minimum Gasteiger partial charge on any atom is -0.348 e. The van der Waals surface area contributed by atoms with E-state index in [0.717, 1.165) is 35.0 Å². The van der Waals surface area contributed by atoms with E-state index in [1.807, 2.05) is 13.0 Å². The lowest BCUT2D eigenvalue weighted by molar-refractivity contribution is -0.122. The zero-order chi connectivity index (χ0) is 21.2. The number of nitrogens with one attached hydrogen (secondary N) is 1. The van der Waals surface area contributed by atoms with Gasteiger partial charge in [-0.2, -0.15) is 0 Å². The van der Waals surface area contributed by atoms with E-state index >= 15 is 0 Å². The maximum Gasteiger partial charge on any atom is 0.244 e. The summed E-state index contributed by atoms with van der Waals surface area (Å²) >= 11 is 0. The lowest BCUT2D eigenvalue weighted by Crippen LogP contribution is -2.48. The average Bonchev–Trinajstić information content (AvgIpc) is 2.66. The Hall–Kier alpha value is -2.41. The van der Waals surface area contributed by atoms with Crippen LogP contribution >= 0.6 is 0 Å². The lowest BCUT2D eigenvalue weighted by Gasteiger charge is -2.29. The van der Waals surface area contributed by atoms with Crippen molar-refractivity contribution < 1.29 is 17.6 Å². The van der Waals surface area contributed by atoms with Crippen LogP contribution in [-0.2, 0) is 27.7 Å². The molecule has 0 heterocycles. The van der Waals surface area contributed by atoms with Crippen LogP contribution in [0.1, 0.15) is 49.4 Å². The number of fused-ring (bicyclic) bond motifs is 1. The van der Waals surface area contributed by atoms with Gasteiger partial charge >= 0.3 is 0 Å². The molecule has 2 aromatic carbocycles. The van der Waals surface area contributed by atoms with Crippen molar-refractivity contribution in [2.24, 2.45) is 0 Å². The monoisotopic (exact) mass is 418 g/mol. The zero-order valence-corrected chi connectivity index (χ0v) is 17.8. The number of rotatable bonds is 6. The van der Waals surface area contributed by atoms with E-state index < -0.39 is 27.8 Å². The maximum absolute atomic E-state index is 13.6. The number of nitrogens with zero attached hydrogens (tertiary/aromatic N) is 1. The van der Waals surface area contributed by atoms with Crippen molar-refractivity contribution in [3.05, 3.63) is 65.0 Å². The van der Waals surface area contributed by atoms with E-state index in [0.29, 0.717) is 0 Å². The lowest BCUT2D eigenvalue weighted by atomic mass is 9.89. The maximum atomic E-state index is 13.6. The number of benzene rings is 2. The molecule has 0 unspecified atom stereocenters. The van der Waals surface area contributed by atoms with Crippen molar-refractivity contribution in [1.29, 1.82) is 0 Å². The molecule has 2 aromatic rings. The number of carbonyl (C=O) groups is 1. The minimum atomic E-state index is -3.79. The normalized spacial score (nSPS) is 15.9. The van der Waals surface area contributed by atoms with E-state index in [1.54, 1.807) is 0 Å². The molecule has 2 atom stereocenters. The van der Waals surface area contributed by atoms with E-state index in [9.17, 15) is 17.6 Å². The third-order valence-corrected chi connectivity index (χ3v) is 6.62. The summed E-state index contributed by atoms with van der Waals surface area (Å²) in [4.78, 5) is 12.9. The smallest absolute Gasteiger partial charge is 0.244 e. The van der Waals surface area contributed by atoms with Gasteiger partial charge in [-0.25, -0.2) is 12.8 Å². The second kappa shape index (κ2) is 8.53. The fourth-order valence-corrected chi connectivity index (χ4v) is 5.03. The summed E-state index contributed by atoms with van der Waals surface area (Å²) in [6.07, 6.45) is 5.52. The van der Waals surface area contributed by atoms with Gasteiger partial charge in [0, 0.05) is 0 Å². The van der Waals surface area contributed by atoms with Crippen molar-refractivity contribution in [3.63, 3.8) is 0 Å². The predicted octanol–water partition coefficient (Wildman–Crippen LogP) is 3.74. The summed E-state index contributed by atoms with van der Waals surface area (Å²) in [5, 5.41) is 2.90. The van der Waals surface area contributed by atoms with Crippen LogP contribution in [0.3, 0.4) is 0 Å². The second-order valence-electron chi connectivity index (χ2n) is 7.68. The van der Waals surface area contributed by atoms with Gasteiger partial charge in [-0.05, 0) is 74.4 Å². The standard InChI is InChI=1S/C22H27FN2O3S/c1-15(18-12-11-17-7-4-5-8-19(17)13-18)24-22(26)16(2)25(29(3,27)28)21-10-6-9-20(23)14-21/h6,9-16H,4-5,7-8H2,1-3H3,(H,24,26)/t15-,16-/m0/s1. The van der Waals surface area contributed by atoms with Crippen molar-refractivity contribution >= 4 is 21.6 Å². The van der Waals surface area contributed by atoms with Gasteiger partial charge in [0.2, 0.25) is 15.9 Å². The third-order valence-electron chi connectivity index (χ3n) is 5.38. The average molecular weight is 419 g/mol. The Balaban J connectivity index is 1.79. The predicted molar refractivity (Wildman–Crippen MR) is 113 cm³/mol. The zero-order valence-electron chi connectivity index (χ0n) is 17.0. The molecule has 1 N–H and O–H groups in total. The molecule has 0 spiro atoms. The summed E-state index contributed by atoms with van der Waals surface area (Å²) in [5.74, 6) is -1.00.